The number of benzene rings is 1. The molecule has 8 heteroatoms. The van der Waals surface area contributed by atoms with Crippen LogP contribution in [0, 0.1) is 0 Å². The topological polar surface area (TPSA) is 97.4 Å². The van der Waals surface area contributed by atoms with Crippen molar-refractivity contribution in [3.8, 4) is 0 Å². The third kappa shape index (κ3) is 5.73. The van der Waals surface area contributed by atoms with Crippen molar-refractivity contribution in [2.24, 2.45) is 7.05 Å². The highest BCUT2D eigenvalue weighted by atomic mass is 35.5. The van der Waals surface area contributed by atoms with Crippen molar-refractivity contribution in [2.45, 2.75) is 38.3 Å². The fourth-order valence-corrected chi connectivity index (χ4v) is 3.98. The van der Waals surface area contributed by atoms with Gasteiger partial charge >= 0.3 is 0 Å². The monoisotopic (exact) mass is 479 g/mol. The number of hydrogen-bond acceptors (Lipinski definition) is 5. The van der Waals surface area contributed by atoms with Gasteiger partial charge in [-0.25, -0.2) is 0 Å². The van der Waals surface area contributed by atoms with Crippen molar-refractivity contribution >= 4 is 28.6 Å². The first-order valence-corrected chi connectivity index (χ1v) is 11.5. The summed E-state index contributed by atoms with van der Waals surface area (Å²) in [6.07, 6.45) is 4.42. The molecule has 34 heavy (non-hydrogen) atoms. The van der Waals surface area contributed by atoms with Gasteiger partial charge in [0.1, 0.15) is 5.76 Å². The van der Waals surface area contributed by atoms with E-state index in [1.807, 2.05) is 24.3 Å². The lowest BCUT2D eigenvalue weighted by atomic mass is 10.1. The SMILES string of the molecule is Cn1cc(CC(=O)NCc2ccc(Cl)cc2)c(=O)c2cc(CCCC(O)c3ccccn3)oc21. The van der Waals surface area contributed by atoms with Crippen LogP contribution in [0.25, 0.3) is 11.1 Å². The Morgan fingerprint density at radius 3 is 2.76 bits per heavy atom. The number of fused-ring (bicyclic) bond motifs is 1. The molecule has 2 N–H and O–H groups in total. The number of carbonyl (C=O) groups excluding carboxylic acids is 1. The second kappa shape index (κ2) is 10.7. The van der Waals surface area contributed by atoms with E-state index in [2.05, 4.69) is 10.3 Å². The molecule has 0 aliphatic heterocycles. The molecule has 3 heterocycles. The minimum absolute atomic E-state index is 0.0208. The number of aryl methyl sites for hydroxylation is 2. The number of halogens is 1. The number of aromatic nitrogens is 2. The normalized spacial score (nSPS) is 12.1. The van der Waals surface area contributed by atoms with Crippen LogP contribution in [0.15, 0.2) is 70.1 Å². The minimum Gasteiger partial charge on any atom is -0.444 e. The number of aliphatic hydroxyl groups is 1. The molecule has 1 atom stereocenters. The van der Waals surface area contributed by atoms with E-state index in [-0.39, 0.29) is 17.8 Å². The summed E-state index contributed by atoms with van der Waals surface area (Å²) in [5.41, 5.74) is 2.23. The zero-order chi connectivity index (χ0) is 24.1. The third-order valence-corrected chi connectivity index (χ3v) is 5.91. The molecule has 7 nitrogen and oxygen atoms in total. The molecule has 0 aliphatic rings. The Bertz CT molecular complexity index is 1330. The summed E-state index contributed by atoms with van der Waals surface area (Å²) in [4.78, 5) is 29.6. The summed E-state index contributed by atoms with van der Waals surface area (Å²) in [6.45, 7) is 0.360. The number of aliphatic hydroxyl groups excluding tert-OH is 1. The van der Waals surface area contributed by atoms with Gasteiger partial charge in [0, 0.05) is 43.0 Å². The summed E-state index contributed by atoms with van der Waals surface area (Å²) in [6, 6.07) is 14.4. The lowest BCUT2D eigenvalue weighted by molar-refractivity contribution is -0.120. The lowest BCUT2D eigenvalue weighted by Crippen LogP contribution is -2.27. The number of carbonyl (C=O) groups is 1. The predicted octanol–water partition coefficient (Wildman–Crippen LogP) is 4.10. The van der Waals surface area contributed by atoms with E-state index in [1.54, 1.807) is 48.3 Å². The van der Waals surface area contributed by atoms with Gasteiger partial charge in [-0.15, -0.1) is 0 Å². The van der Waals surface area contributed by atoms with Crippen LogP contribution < -0.4 is 10.7 Å². The van der Waals surface area contributed by atoms with E-state index in [1.165, 1.54) is 0 Å². The maximum atomic E-state index is 13.0. The Morgan fingerprint density at radius 2 is 2.03 bits per heavy atom. The van der Waals surface area contributed by atoms with Crippen LogP contribution in [-0.2, 0) is 31.2 Å². The maximum Gasteiger partial charge on any atom is 0.224 e. The molecule has 0 bridgehead atoms. The third-order valence-electron chi connectivity index (χ3n) is 5.65. The van der Waals surface area contributed by atoms with E-state index < -0.39 is 6.10 Å². The molecule has 176 valence electrons. The highest BCUT2D eigenvalue weighted by molar-refractivity contribution is 6.30. The number of nitrogens with zero attached hydrogens (tertiary/aromatic N) is 2. The van der Waals surface area contributed by atoms with Crippen molar-refractivity contribution in [1.29, 1.82) is 0 Å². The van der Waals surface area contributed by atoms with Crippen LogP contribution in [0.1, 0.15) is 41.5 Å². The molecule has 0 saturated heterocycles. The molecule has 1 amide bonds. The van der Waals surface area contributed by atoms with Gasteiger partial charge in [-0.3, -0.25) is 14.6 Å². The predicted molar refractivity (Wildman–Crippen MR) is 131 cm³/mol. The maximum absolute atomic E-state index is 13.0. The molecule has 0 aliphatic carbocycles. The number of rotatable bonds is 9. The van der Waals surface area contributed by atoms with Crippen molar-refractivity contribution < 1.29 is 14.3 Å². The summed E-state index contributed by atoms with van der Waals surface area (Å²) in [5, 5.41) is 14.2. The van der Waals surface area contributed by atoms with Gasteiger partial charge in [-0.05, 0) is 48.7 Å². The Labute approximate surface area is 202 Å². The van der Waals surface area contributed by atoms with Crippen LogP contribution in [-0.4, -0.2) is 20.6 Å². The van der Waals surface area contributed by atoms with Crippen molar-refractivity contribution in [3.05, 3.63) is 98.8 Å². The Kier molecular flexibility index (Phi) is 7.45. The smallest absolute Gasteiger partial charge is 0.224 e. The Morgan fingerprint density at radius 1 is 1.24 bits per heavy atom. The summed E-state index contributed by atoms with van der Waals surface area (Å²) in [7, 11) is 1.79. The Hall–Kier alpha value is -3.42. The first-order valence-electron chi connectivity index (χ1n) is 11.1. The number of pyridine rings is 2. The zero-order valence-electron chi connectivity index (χ0n) is 18.8. The molecule has 0 spiro atoms. The number of furan rings is 1. The minimum atomic E-state index is -0.644. The molecule has 0 saturated carbocycles. The van der Waals surface area contributed by atoms with E-state index in [4.69, 9.17) is 16.0 Å². The number of nitrogens with one attached hydrogen (secondary N) is 1. The van der Waals surface area contributed by atoms with Crippen molar-refractivity contribution in [2.75, 3.05) is 0 Å². The van der Waals surface area contributed by atoms with Gasteiger partial charge in [-0.2, -0.15) is 0 Å². The molecular formula is C26H26ClN3O4. The van der Waals surface area contributed by atoms with Crippen molar-refractivity contribution in [3.63, 3.8) is 0 Å². The fourth-order valence-electron chi connectivity index (χ4n) is 3.86. The Balaban J connectivity index is 1.39. The van der Waals surface area contributed by atoms with Crippen LogP contribution in [0.2, 0.25) is 5.02 Å². The average Bonchev–Trinajstić information content (AvgIpc) is 3.27. The van der Waals surface area contributed by atoms with Crippen LogP contribution in [0.5, 0.6) is 0 Å². The van der Waals surface area contributed by atoms with Crippen LogP contribution >= 0.6 is 11.6 Å². The van der Waals surface area contributed by atoms with E-state index in [9.17, 15) is 14.7 Å². The second-order valence-corrected chi connectivity index (χ2v) is 8.70. The molecule has 4 aromatic rings. The largest absolute Gasteiger partial charge is 0.444 e. The first kappa shape index (κ1) is 23.7. The lowest BCUT2D eigenvalue weighted by Gasteiger charge is -2.08. The molecule has 4 rings (SSSR count). The molecular weight excluding hydrogens is 454 g/mol. The van der Waals surface area contributed by atoms with Crippen LogP contribution in [0.4, 0.5) is 0 Å². The fraction of sp³-hybridized carbons (Fsp3) is 0.269. The molecule has 3 aromatic heterocycles. The van der Waals surface area contributed by atoms with Gasteiger partial charge < -0.3 is 19.4 Å². The molecule has 1 aromatic carbocycles. The summed E-state index contributed by atoms with van der Waals surface area (Å²) in [5.74, 6) is 0.430. The first-order chi connectivity index (χ1) is 16.4. The van der Waals surface area contributed by atoms with Gasteiger partial charge in [0.15, 0.2) is 5.43 Å². The van der Waals surface area contributed by atoms with Gasteiger partial charge in [0.05, 0.1) is 23.6 Å². The quantitative estimate of drug-likeness (QED) is 0.377. The number of hydrogen-bond donors (Lipinski definition) is 2. The van der Waals surface area contributed by atoms with Gasteiger partial charge in [0.2, 0.25) is 11.6 Å². The molecule has 1 unspecified atom stereocenters. The summed E-state index contributed by atoms with van der Waals surface area (Å²) < 4.78 is 7.62. The number of amides is 1. The molecule has 0 radical (unpaired) electrons. The van der Waals surface area contributed by atoms with Crippen molar-refractivity contribution in [1.82, 2.24) is 14.9 Å². The highest BCUT2D eigenvalue weighted by Crippen LogP contribution is 2.21. The average molecular weight is 480 g/mol. The van der Waals surface area contributed by atoms with Crippen LogP contribution in [0.3, 0.4) is 0 Å². The van der Waals surface area contributed by atoms with Gasteiger partial charge in [-0.1, -0.05) is 29.8 Å². The highest BCUT2D eigenvalue weighted by Gasteiger charge is 2.16. The summed E-state index contributed by atoms with van der Waals surface area (Å²) >= 11 is 5.88. The van der Waals surface area contributed by atoms with E-state index in [0.717, 1.165) is 5.56 Å². The standard InChI is InChI=1S/C26H26ClN3O4/c1-30-16-18(13-24(32)29-15-17-8-10-19(27)11-9-17)25(33)21-14-20(34-26(21)30)5-4-7-23(31)22-6-2-3-12-28-22/h2-3,6,8-12,14,16,23,31H,4-5,7,13,15H2,1H3,(H,29,32). The van der Waals surface area contributed by atoms with Gasteiger partial charge in [0.25, 0.3) is 0 Å². The zero-order valence-corrected chi connectivity index (χ0v) is 19.6. The van der Waals surface area contributed by atoms with E-state index in [0.29, 0.717) is 58.9 Å². The molecule has 0 fully saturated rings. The second-order valence-electron chi connectivity index (χ2n) is 8.27. The van der Waals surface area contributed by atoms with E-state index >= 15 is 0 Å².